The Balaban J connectivity index is 1.65. The van der Waals surface area contributed by atoms with Crippen molar-refractivity contribution in [3.63, 3.8) is 0 Å². The van der Waals surface area contributed by atoms with Crippen LogP contribution in [0.25, 0.3) is 0 Å². The molecule has 2 heterocycles. The molecule has 3 rings (SSSR count). The normalized spacial score (nSPS) is 22.8. The van der Waals surface area contributed by atoms with E-state index in [1.54, 1.807) is 7.11 Å². The molecule has 1 amide bonds. The van der Waals surface area contributed by atoms with E-state index >= 15 is 0 Å². The van der Waals surface area contributed by atoms with Crippen molar-refractivity contribution in [3.8, 4) is 5.75 Å². The number of para-hydroxylation sites is 1. The topological polar surface area (TPSA) is 32.8 Å². The maximum atomic E-state index is 12.8. The predicted molar refractivity (Wildman–Crippen MR) is 91.7 cm³/mol. The fourth-order valence-corrected chi connectivity index (χ4v) is 3.87. The first-order chi connectivity index (χ1) is 11.3. The second kappa shape index (κ2) is 7.82. The molecule has 2 aliphatic heterocycles. The van der Waals surface area contributed by atoms with E-state index in [-0.39, 0.29) is 5.91 Å². The lowest BCUT2D eigenvalue weighted by atomic mass is 10.1. The summed E-state index contributed by atoms with van der Waals surface area (Å²) in [6.45, 7) is 4.21. The summed E-state index contributed by atoms with van der Waals surface area (Å²) in [5.74, 6) is 1.05. The standard InChI is InChI=1S/C19H28N2O2/c1-23-18-10-3-2-8-16(18)14-19(22)21-13-5-4-9-17(15-21)20-11-6-7-12-20/h2-3,8,10,17H,4-7,9,11-15H2,1H3/t17-/m1/s1. The molecule has 0 unspecified atom stereocenters. The van der Waals surface area contributed by atoms with E-state index in [1.807, 2.05) is 24.3 Å². The first-order valence-electron chi connectivity index (χ1n) is 8.91. The van der Waals surface area contributed by atoms with Gasteiger partial charge in [0.05, 0.1) is 13.5 Å². The van der Waals surface area contributed by atoms with Crippen molar-refractivity contribution in [2.24, 2.45) is 0 Å². The predicted octanol–water partition coefficient (Wildman–Crippen LogP) is 2.71. The highest BCUT2D eigenvalue weighted by Crippen LogP contribution is 2.22. The SMILES string of the molecule is COc1ccccc1CC(=O)N1CCCC[C@@H](N2CCCC2)C1. The van der Waals surface area contributed by atoms with Crippen LogP contribution in [-0.2, 0) is 11.2 Å². The van der Waals surface area contributed by atoms with Crippen molar-refractivity contribution in [2.75, 3.05) is 33.3 Å². The van der Waals surface area contributed by atoms with Crippen LogP contribution in [0.4, 0.5) is 0 Å². The number of likely N-dealkylation sites (tertiary alicyclic amines) is 2. The summed E-state index contributed by atoms with van der Waals surface area (Å²) in [7, 11) is 1.67. The second-order valence-electron chi connectivity index (χ2n) is 6.72. The van der Waals surface area contributed by atoms with Crippen LogP contribution in [0.1, 0.15) is 37.7 Å². The smallest absolute Gasteiger partial charge is 0.227 e. The molecule has 0 bridgehead atoms. The van der Waals surface area contributed by atoms with Crippen molar-refractivity contribution >= 4 is 5.91 Å². The molecule has 23 heavy (non-hydrogen) atoms. The number of methoxy groups -OCH3 is 1. The average Bonchev–Trinajstić information content (AvgIpc) is 3.00. The van der Waals surface area contributed by atoms with Crippen LogP contribution in [0.2, 0.25) is 0 Å². The molecule has 4 heteroatoms. The van der Waals surface area contributed by atoms with Gasteiger partial charge in [-0.2, -0.15) is 0 Å². The van der Waals surface area contributed by atoms with Gasteiger partial charge >= 0.3 is 0 Å². The summed E-state index contributed by atoms with van der Waals surface area (Å²) in [6.07, 6.45) is 6.66. The van der Waals surface area contributed by atoms with E-state index < -0.39 is 0 Å². The van der Waals surface area contributed by atoms with Gasteiger partial charge in [-0.05, 0) is 44.8 Å². The van der Waals surface area contributed by atoms with Crippen LogP contribution in [-0.4, -0.2) is 55.0 Å². The largest absolute Gasteiger partial charge is 0.496 e. The van der Waals surface area contributed by atoms with Gasteiger partial charge < -0.3 is 9.64 Å². The minimum absolute atomic E-state index is 0.237. The van der Waals surface area contributed by atoms with Crippen LogP contribution in [0, 0.1) is 0 Å². The van der Waals surface area contributed by atoms with Gasteiger partial charge in [0, 0.05) is 24.7 Å². The molecule has 0 spiro atoms. The van der Waals surface area contributed by atoms with E-state index in [0.29, 0.717) is 12.5 Å². The van der Waals surface area contributed by atoms with Gasteiger partial charge in [0.2, 0.25) is 5.91 Å². The lowest BCUT2D eigenvalue weighted by Gasteiger charge is -2.31. The summed E-state index contributed by atoms with van der Waals surface area (Å²) in [6, 6.07) is 8.40. The van der Waals surface area contributed by atoms with Crippen LogP contribution in [0.3, 0.4) is 0 Å². The number of benzene rings is 1. The Hall–Kier alpha value is -1.55. The molecule has 126 valence electrons. The van der Waals surface area contributed by atoms with Crippen LogP contribution < -0.4 is 4.74 Å². The lowest BCUT2D eigenvalue weighted by Crippen LogP contribution is -2.44. The van der Waals surface area contributed by atoms with E-state index in [0.717, 1.165) is 30.8 Å². The van der Waals surface area contributed by atoms with Gasteiger partial charge in [0.1, 0.15) is 5.75 Å². The van der Waals surface area contributed by atoms with Gasteiger partial charge in [0.15, 0.2) is 0 Å². The summed E-state index contributed by atoms with van der Waals surface area (Å²) >= 11 is 0. The second-order valence-corrected chi connectivity index (χ2v) is 6.72. The number of ether oxygens (including phenoxy) is 1. The third-order valence-corrected chi connectivity index (χ3v) is 5.19. The Morgan fingerprint density at radius 1 is 1.13 bits per heavy atom. The minimum atomic E-state index is 0.237. The third-order valence-electron chi connectivity index (χ3n) is 5.19. The van der Waals surface area contributed by atoms with Crippen molar-refractivity contribution < 1.29 is 9.53 Å². The highest BCUT2D eigenvalue weighted by molar-refractivity contribution is 5.79. The van der Waals surface area contributed by atoms with Gasteiger partial charge in [0.25, 0.3) is 0 Å². The molecule has 1 aromatic rings. The molecule has 0 saturated carbocycles. The zero-order chi connectivity index (χ0) is 16.1. The molecule has 0 N–H and O–H groups in total. The van der Waals surface area contributed by atoms with Gasteiger partial charge in [-0.25, -0.2) is 0 Å². The molecule has 1 atom stereocenters. The van der Waals surface area contributed by atoms with Crippen molar-refractivity contribution in [3.05, 3.63) is 29.8 Å². The highest BCUT2D eigenvalue weighted by atomic mass is 16.5. The molecule has 2 fully saturated rings. The van der Waals surface area contributed by atoms with E-state index in [1.165, 1.54) is 38.8 Å². The van der Waals surface area contributed by atoms with Gasteiger partial charge in [-0.15, -0.1) is 0 Å². The highest BCUT2D eigenvalue weighted by Gasteiger charge is 2.28. The molecular weight excluding hydrogens is 288 g/mol. The number of amides is 1. The third kappa shape index (κ3) is 4.05. The number of hydrogen-bond acceptors (Lipinski definition) is 3. The molecule has 0 radical (unpaired) electrons. The van der Waals surface area contributed by atoms with Crippen molar-refractivity contribution in [1.82, 2.24) is 9.80 Å². The zero-order valence-electron chi connectivity index (χ0n) is 14.2. The molecule has 2 saturated heterocycles. The van der Waals surface area contributed by atoms with Gasteiger partial charge in [-0.3, -0.25) is 9.69 Å². The molecule has 0 aliphatic carbocycles. The van der Waals surface area contributed by atoms with Gasteiger partial charge in [-0.1, -0.05) is 24.6 Å². The van der Waals surface area contributed by atoms with E-state index in [9.17, 15) is 4.79 Å². The maximum Gasteiger partial charge on any atom is 0.227 e. The van der Waals surface area contributed by atoms with Crippen LogP contribution >= 0.6 is 0 Å². The fourth-order valence-electron chi connectivity index (χ4n) is 3.87. The van der Waals surface area contributed by atoms with E-state index in [4.69, 9.17) is 4.74 Å². The molecule has 0 aromatic heterocycles. The Bertz CT molecular complexity index is 526. The van der Waals surface area contributed by atoms with Crippen LogP contribution in [0.15, 0.2) is 24.3 Å². The number of carbonyl (C=O) groups is 1. The monoisotopic (exact) mass is 316 g/mol. The average molecular weight is 316 g/mol. The number of rotatable bonds is 4. The molecular formula is C19H28N2O2. The number of hydrogen-bond donors (Lipinski definition) is 0. The Morgan fingerprint density at radius 2 is 1.87 bits per heavy atom. The van der Waals surface area contributed by atoms with Crippen molar-refractivity contribution in [2.45, 2.75) is 44.6 Å². The lowest BCUT2D eigenvalue weighted by molar-refractivity contribution is -0.131. The minimum Gasteiger partial charge on any atom is -0.496 e. The van der Waals surface area contributed by atoms with E-state index in [2.05, 4.69) is 9.80 Å². The quantitative estimate of drug-likeness (QED) is 0.856. The Morgan fingerprint density at radius 3 is 2.65 bits per heavy atom. The first kappa shape index (κ1) is 16.3. The van der Waals surface area contributed by atoms with Crippen molar-refractivity contribution in [1.29, 1.82) is 0 Å². The fraction of sp³-hybridized carbons (Fsp3) is 0.632. The number of nitrogens with zero attached hydrogens (tertiary/aromatic N) is 2. The van der Waals surface area contributed by atoms with Crippen LogP contribution in [0.5, 0.6) is 5.75 Å². The zero-order valence-corrected chi connectivity index (χ0v) is 14.2. The molecule has 2 aliphatic rings. The Kier molecular flexibility index (Phi) is 5.55. The number of carbonyl (C=O) groups excluding carboxylic acids is 1. The summed E-state index contributed by atoms with van der Waals surface area (Å²) in [5, 5.41) is 0. The molecule has 1 aromatic carbocycles. The summed E-state index contributed by atoms with van der Waals surface area (Å²) in [4.78, 5) is 17.5. The maximum absolute atomic E-state index is 12.8. The Labute approximate surface area is 139 Å². The first-order valence-corrected chi connectivity index (χ1v) is 8.91. The summed E-state index contributed by atoms with van der Waals surface area (Å²) in [5.41, 5.74) is 0.988. The summed E-state index contributed by atoms with van der Waals surface area (Å²) < 4.78 is 5.38. The molecule has 4 nitrogen and oxygen atoms in total.